The molecule has 7 rings (SSSR count). The Balaban J connectivity index is 0.00000417. The molecule has 3 aromatic heterocycles. The second-order valence-electron chi connectivity index (χ2n) is 13.2. The molecule has 0 spiro atoms. The second-order valence-corrected chi connectivity index (χ2v) is 13.2. The molecule has 4 aromatic carbocycles. The number of aryl methyl sites for hydroxylation is 3. The number of pyridine rings is 1. The first-order chi connectivity index (χ1) is 23.4. The fourth-order valence-electron chi connectivity index (χ4n) is 6.64. The van der Waals surface area contributed by atoms with Gasteiger partial charge in [0.25, 0.3) is 0 Å². The van der Waals surface area contributed by atoms with Crippen LogP contribution in [0.5, 0.6) is 11.5 Å². The summed E-state index contributed by atoms with van der Waals surface area (Å²) in [7, 11) is 0. The third-order valence-electron chi connectivity index (χ3n) is 9.14. The van der Waals surface area contributed by atoms with Gasteiger partial charge in [-0.1, -0.05) is 75.2 Å². The third-order valence-corrected chi connectivity index (χ3v) is 9.14. The third kappa shape index (κ3) is 7.14. The summed E-state index contributed by atoms with van der Waals surface area (Å²) in [5.74, 6) is 2.78. The Morgan fingerprint density at radius 1 is 0.796 bits per heavy atom. The van der Waals surface area contributed by atoms with Gasteiger partial charge in [0.2, 0.25) is 0 Å². The van der Waals surface area contributed by atoms with E-state index < -0.39 is 0 Å². The maximum Gasteiger partial charge on any atom is 2.00 e. The van der Waals surface area contributed by atoms with E-state index in [-0.39, 0.29) is 21.1 Å². The van der Waals surface area contributed by atoms with E-state index in [1.807, 2.05) is 41.2 Å². The fourth-order valence-corrected chi connectivity index (χ4v) is 6.64. The molecule has 0 saturated heterocycles. The molecule has 0 fully saturated rings. The molecule has 0 aliphatic carbocycles. The smallest absolute Gasteiger partial charge is 0.509 e. The average molecular weight is 826 g/mol. The minimum atomic E-state index is 0. The zero-order valence-electron chi connectivity index (χ0n) is 28.9. The molecule has 0 amide bonds. The number of hydrogen-bond donors (Lipinski definition) is 0. The first kappa shape index (κ1) is 34.4. The number of unbranched alkanes of at least 4 members (excludes halogenated alkanes) is 1. The standard InChI is InChI=1S/C43H42N4O.Pt/c1-6-7-12-32-19-22-40-39(25-32)38-21-20-37(28-41(38)46(40)42-26-33(23-24-44-42)18-17-29(2)3)48-36-16-11-15-35(27-36)47-31(5)43(30(4)45-47)34-13-9-8-10-14-34;/h8-11,13-16,19-26,29H,6-7,12,17-18H2,1-5H3;/q-2;+2. The Morgan fingerprint density at radius 3 is 2.39 bits per heavy atom. The van der Waals surface area contributed by atoms with Crippen LogP contribution >= 0.6 is 0 Å². The van der Waals surface area contributed by atoms with Gasteiger partial charge in [-0.2, -0.15) is 17.2 Å². The summed E-state index contributed by atoms with van der Waals surface area (Å²) in [6, 6.07) is 38.8. The maximum atomic E-state index is 6.48. The van der Waals surface area contributed by atoms with Gasteiger partial charge in [-0.25, -0.2) is 4.98 Å². The van der Waals surface area contributed by atoms with Crippen molar-refractivity contribution in [3.8, 4) is 34.1 Å². The van der Waals surface area contributed by atoms with Gasteiger partial charge >= 0.3 is 21.1 Å². The van der Waals surface area contributed by atoms with Crippen LogP contribution in [0.25, 0.3) is 44.4 Å². The second kappa shape index (κ2) is 15.0. The van der Waals surface area contributed by atoms with Gasteiger partial charge in [0.1, 0.15) is 5.82 Å². The summed E-state index contributed by atoms with van der Waals surface area (Å²) in [4.78, 5) is 4.87. The molecule has 0 aliphatic heterocycles. The molecule has 0 unspecified atom stereocenters. The van der Waals surface area contributed by atoms with E-state index in [2.05, 4.69) is 112 Å². The van der Waals surface area contributed by atoms with Crippen LogP contribution in [0.4, 0.5) is 0 Å². The van der Waals surface area contributed by atoms with E-state index in [0.29, 0.717) is 17.4 Å². The van der Waals surface area contributed by atoms with Gasteiger partial charge < -0.3 is 9.30 Å². The van der Waals surface area contributed by atoms with Crippen molar-refractivity contribution in [2.45, 2.75) is 66.7 Å². The summed E-state index contributed by atoms with van der Waals surface area (Å²) in [5, 5.41) is 7.23. The number of aromatic nitrogens is 4. The van der Waals surface area contributed by atoms with Crippen LogP contribution in [0.3, 0.4) is 0 Å². The molecule has 0 radical (unpaired) electrons. The summed E-state index contributed by atoms with van der Waals surface area (Å²) in [6.07, 6.45) is 7.52. The molecule has 3 heterocycles. The predicted octanol–water partition coefficient (Wildman–Crippen LogP) is 11.0. The topological polar surface area (TPSA) is 44.9 Å². The minimum absolute atomic E-state index is 0. The van der Waals surface area contributed by atoms with Crippen LogP contribution < -0.4 is 4.74 Å². The van der Waals surface area contributed by atoms with E-state index in [1.54, 1.807) is 0 Å². The number of rotatable bonds is 11. The monoisotopic (exact) mass is 825 g/mol. The van der Waals surface area contributed by atoms with E-state index in [4.69, 9.17) is 14.8 Å². The number of nitrogens with zero attached hydrogens (tertiary/aromatic N) is 4. The molecule has 250 valence electrons. The first-order valence-corrected chi connectivity index (χ1v) is 17.2. The van der Waals surface area contributed by atoms with Crippen LogP contribution in [-0.4, -0.2) is 19.3 Å². The molecular weight excluding hydrogens is 784 g/mol. The summed E-state index contributed by atoms with van der Waals surface area (Å²) >= 11 is 0. The largest absolute Gasteiger partial charge is 2.00 e. The Bertz CT molecular complexity index is 2210. The van der Waals surface area contributed by atoms with E-state index >= 15 is 0 Å². The van der Waals surface area contributed by atoms with Gasteiger partial charge in [0.15, 0.2) is 0 Å². The Morgan fingerprint density at radius 2 is 1.59 bits per heavy atom. The zero-order chi connectivity index (χ0) is 33.2. The van der Waals surface area contributed by atoms with Crippen LogP contribution in [0.2, 0.25) is 0 Å². The van der Waals surface area contributed by atoms with Crippen LogP contribution in [0, 0.1) is 31.9 Å². The fraction of sp³-hybridized carbons (Fsp3) is 0.256. The molecule has 5 nitrogen and oxygen atoms in total. The molecule has 0 N–H and O–H groups in total. The molecule has 6 heteroatoms. The van der Waals surface area contributed by atoms with Gasteiger partial charge in [0.05, 0.1) is 5.69 Å². The summed E-state index contributed by atoms with van der Waals surface area (Å²) in [5.41, 5.74) is 9.88. The van der Waals surface area contributed by atoms with Gasteiger partial charge in [-0.15, -0.1) is 35.7 Å². The summed E-state index contributed by atoms with van der Waals surface area (Å²) in [6.45, 7) is 10.9. The molecule has 49 heavy (non-hydrogen) atoms. The normalized spacial score (nSPS) is 11.4. The maximum absolute atomic E-state index is 6.48. The van der Waals surface area contributed by atoms with E-state index in [9.17, 15) is 0 Å². The van der Waals surface area contributed by atoms with Crippen molar-refractivity contribution in [1.82, 2.24) is 19.3 Å². The zero-order valence-corrected chi connectivity index (χ0v) is 31.1. The van der Waals surface area contributed by atoms with E-state index in [0.717, 1.165) is 69.7 Å². The van der Waals surface area contributed by atoms with Crippen molar-refractivity contribution in [2.75, 3.05) is 0 Å². The van der Waals surface area contributed by atoms with Gasteiger partial charge in [0, 0.05) is 34.5 Å². The Kier molecular flexibility index (Phi) is 10.5. The first-order valence-electron chi connectivity index (χ1n) is 17.2. The number of benzene rings is 4. The van der Waals surface area contributed by atoms with Crippen molar-refractivity contribution in [3.63, 3.8) is 0 Å². The Labute approximate surface area is 304 Å². The molecule has 7 aromatic rings. The van der Waals surface area contributed by atoms with Crippen molar-refractivity contribution >= 4 is 21.8 Å². The summed E-state index contributed by atoms with van der Waals surface area (Å²) < 4.78 is 10.7. The van der Waals surface area contributed by atoms with E-state index in [1.165, 1.54) is 29.4 Å². The minimum Gasteiger partial charge on any atom is -0.509 e. The molecule has 0 saturated carbocycles. The van der Waals surface area contributed by atoms with Crippen LogP contribution in [-0.2, 0) is 33.9 Å². The van der Waals surface area contributed by atoms with Crippen molar-refractivity contribution in [1.29, 1.82) is 0 Å². The van der Waals surface area contributed by atoms with Crippen LogP contribution in [0.15, 0.2) is 97.2 Å². The Hall–Kier alpha value is -4.47. The average Bonchev–Trinajstić information content (AvgIpc) is 3.59. The van der Waals surface area contributed by atoms with Crippen molar-refractivity contribution < 1.29 is 25.8 Å². The number of hydrogen-bond acceptors (Lipinski definition) is 3. The van der Waals surface area contributed by atoms with Gasteiger partial charge in [-0.3, -0.25) is 4.68 Å². The quantitative estimate of drug-likeness (QED) is 0.122. The molecule has 0 bridgehead atoms. The van der Waals surface area contributed by atoms with Crippen molar-refractivity contribution in [2.24, 2.45) is 5.92 Å². The molecular formula is C43H42N4OPt. The number of ether oxygens (including phenoxy) is 1. The number of fused-ring (bicyclic) bond motifs is 3. The van der Waals surface area contributed by atoms with Gasteiger partial charge in [-0.05, 0) is 91.4 Å². The van der Waals surface area contributed by atoms with Crippen molar-refractivity contribution in [3.05, 3.63) is 132 Å². The predicted molar refractivity (Wildman–Crippen MR) is 197 cm³/mol. The SMILES string of the molecule is CCCCc1ccc2c(c1)c1ccc(Oc3[c-]c(-n4nc(C)c(-c5ccccc5)c4C)ccc3)[c-]c1n2-c1cc(CCC(C)C)ccn1.[Pt+2]. The molecule has 0 atom stereocenters. The van der Waals surface area contributed by atoms with Crippen LogP contribution in [0.1, 0.15) is 62.5 Å². The molecule has 0 aliphatic rings.